The van der Waals surface area contributed by atoms with E-state index < -0.39 is 0 Å². The van der Waals surface area contributed by atoms with E-state index in [-0.39, 0.29) is 0 Å². The van der Waals surface area contributed by atoms with Crippen LogP contribution >= 0.6 is 0 Å². The first-order chi connectivity index (χ1) is 13.6. The molecular formula is C21H33N7. The van der Waals surface area contributed by atoms with Crippen molar-refractivity contribution < 1.29 is 0 Å². The third-order valence-corrected chi connectivity index (χ3v) is 5.21. The second-order valence-corrected chi connectivity index (χ2v) is 7.36. The predicted molar refractivity (Wildman–Crippen MR) is 114 cm³/mol. The van der Waals surface area contributed by atoms with Crippen LogP contribution in [-0.4, -0.2) is 57.8 Å². The first kappa shape index (κ1) is 20.3. The van der Waals surface area contributed by atoms with Crippen LogP contribution in [0.25, 0.3) is 5.82 Å². The molecule has 1 atom stereocenters. The van der Waals surface area contributed by atoms with Crippen LogP contribution in [-0.2, 0) is 6.54 Å². The third-order valence-electron chi connectivity index (χ3n) is 5.21. The lowest BCUT2D eigenvalue weighted by molar-refractivity contribution is 0.267. The molecule has 2 N–H and O–H groups in total. The number of likely N-dealkylation sites (N-methyl/N-ethyl adjacent to an activating group) is 1. The molecule has 7 nitrogen and oxygen atoms in total. The van der Waals surface area contributed by atoms with Crippen LogP contribution in [0.4, 0.5) is 0 Å². The van der Waals surface area contributed by atoms with Gasteiger partial charge in [0, 0.05) is 31.0 Å². The van der Waals surface area contributed by atoms with Gasteiger partial charge in [-0.2, -0.15) is 5.10 Å². The second kappa shape index (κ2) is 9.68. The molecule has 28 heavy (non-hydrogen) atoms. The molecule has 1 aliphatic heterocycles. The minimum absolute atomic E-state index is 0.599. The fraction of sp³-hybridized carbons (Fsp3) is 0.571. The Morgan fingerprint density at radius 3 is 2.75 bits per heavy atom. The predicted octanol–water partition coefficient (Wildman–Crippen LogP) is 2.42. The van der Waals surface area contributed by atoms with Crippen molar-refractivity contribution in [3.8, 4) is 5.82 Å². The molecule has 7 heteroatoms. The van der Waals surface area contributed by atoms with Crippen LogP contribution in [0.3, 0.4) is 0 Å². The van der Waals surface area contributed by atoms with Gasteiger partial charge in [0.25, 0.3) is 0 Å². The van der Waals surface area contributed by atoms with Crippen LogP contribution < -0.4 is 10.6 Å². The van der Waals surface area contributed by atoms with Crippen molar-refractivity contribution in [1.29, 1.82) is 0 Å². The van der Waals surface area contributed by atoms with Crippen molar-refractivity contribution in [2.75, 3.05) is 26.2 Å². The van der Waals surface area contributed by atoms with Gasteiger partial charge in [0.2, 0.25) is 0 Å². The lowest BCUT2D eigenvalue weighted by Crippen LogP contribution is -2.44. The number of likely N-dealkylation sites (tertiary alicyclic amines) is 1. The molecule has 0 saturated carbocycles. The Balaban J connectivity index is 1.60. The minimum atomic E-state index is 0.599. The van der Waals surface area contributed by atoms with E-state index in [1.54, 1.807) is 0 Å². The zero-order valence-electron chi connectivity index (χ0n) is 17.6. The van der Waals surface area contributed by atoms with E-state index in [2.05, 4.69) is 51.6 Å². The SMILES string of the molecule is CCNC(=NCc1ccc(-n2nc(C)cc2C)nc1)NCC1CCCN1CC. The van der Waals surface area contributed by atoms with Crippen LogP contribution in [0, 0.1) is 13.8 Å². The van der Waals surface area contributed by atoms with Crippen molar-refractivity contribution in [3.05, 3.63) is 41.3 Å². The zero-order valence-corrected chi connectivity index (χ0v) is 17.6. The molecule has 0 amide bonds. The molecule has 2 aromatic heterocycles. The number of aliphatic imine (C=N–C) groups is 1. The molecular weight excluding hydrogens is 350 g/mol. The number of aryl methyl sites for hydroxylation is 2. The van der Waals surface area contributed by atoms with Crippen molar-refractivity contribution in [2.24, 2.45) is 4.99 Å². The average Bonchev–Trinajstić information content (AvgIpc) is 3.29. The van der Waals surface area contributed by atoms with Crippen molar-refractivity contribution in [2.45, 2.75) is 53.1 Å². The van der Waals surface area contributed by atoms with Gasteiger partial charge in [-0.05, 0) is 64.4 Å². The summed E-state index contributed by atoms with van der Waals surface area (Å²) in [4.78, 5) is 11.8. The smallest absolute Gasteiger partial charge is 0.191 e. The lowest BCUT2D eigenvalue weighted by Gasteiger charge is -2.24. The zero-order chi connectivity index (χ0) is 19.9. The molecule has 0 aliphatic carbocycles. The van der Waals surface area contributed by atoms with E-state index in [0.717, 1.165) is 48.4 Å². The molecule has 3 rings (SSSR count). The highest BCUT2D eigenvalue weighted by Gasteiger charge is 2.22. The minimum Gasteiger partial charge on any atom is -0.357 e. The molecule has 1 unspecified atom stereocenters. The number of nitrogens with zero attached hydrogens (tertiary/aromatic N) is 5. The lowest BCUT2D eigenvalue weighted by atomic mass is 10.2. The molecule has 0 spiro atoms. The number of hydrogen-bond donors (Lipinski definition) is 2. The van der Waals surface area contributed by atoms with Crippen molar-refractivity contribution >= 4 is 5.96 Å². The van der Waals surface area contributed by atoms with E-state index in [4.69, 9.17) is 4.99 Å². The van der Waals surface area contributed by atoms with Crippen LogP contribution in [0.15, 0.2) is 29.4 Å². The molecule has 1 fully saturated rings. The Hall–Kier alpha value is -2.41. The van der Waals surface area contributed by atoms with Gasteiger partial charge in [-0.3, -0.25) is 4.90 Å². The fourth-order valence-corrected chi connectivity index (χ4v) is 3.77. The van der Waals surface area contributed by atoms with Gasteiger partial charge in [-0.25, -0.2) is 14.7 Å². The monoisotopic (exact) mass is 383 g/mol. The van der Waals surface area contributed by atoms with Gasteiger partial charge >= 0.3 is 0 Å². The van der Waals surface area contributed by atoms with Gasteiger partial charge in [0.15, 0.2) is 11.8 Å². The Bertz CT molecular complexity index is 779. The maximum atomic E-state index is 4.73. The summed E-state index contributed by atoms with van der Waals surface area (Å²) >= 11 is 0. The Kier molecular flexibility index (Phi) is 7.03. The normalized spacial score (nSPS) is 17.9. The summed E-state index contributed by atoms with van der Waals surface area (Å²) in [5, 5.41) is 11.3. The molecule has 0 radical (unpaired) electrons. The summed E-state index contributed by atoms with van der Waals surface area (Å²) in [6.07, 6.45) is 4.44. The highest BCUT2D eigenvalue weighted by atomic mass is 15.3. The molecule has 3 heterocycles. The summed E-state index contributed by atoms with van der Waals surface area (Å²) in [6, 6.07) is 6.73. The summed E-state index contributed by atoms with van der Waals surface area (Å²) in [5.41, 5.74) is 3.17. The van der Waals surface area contributed by atoms with Crippen LogP contribution in [0.1, 0.15) is 43.6 Å². The Labute approximate surface area is 168 Å². The molecule has 152 valence electrons. The molecule has 1 saturated heterocycles. The number of hydrogen-bond acceptors (Lipinski definition) is 4. The molecule has 0 bridgehead atoms. The van der Waals surface area contributed by atoms with E-state index in [0.29, 0.717) is 12.6 Å². The number of nitrogens with one attached hydrogen (secondary N) is 2. The number of rotatable bonds is 7. The fourth-order valence-electron chi connectivity index (χ4n) is 3.77. The Morgan fingerprint density at radius 1 is 1.25 bits per heavy atom. The summed E-state index contributed by atoms with van der Waals surface area (Å²) in [7, 11) is 0. The van der Waals surface area contributed by atoms with E-state index in [1.807, 2.05) is 30.8 Å². The first-order valence-electron chi connectivity index (χ1n) is 10.4. The quantitative estimate of drug-likeness (QED) is 0.568. The van der Waals surface area contributed by atoms with Gasteiger partial charge in [-0.1, -0.05) is 13.0 Å². The average molecular weight is 384 g/mol. The standard InChI is InChI=1S/C21H33N7/c1-5-22-21(25-15-19-8-7-11-27(19)6-2)24-14-18-9-10-20(23-13-18)28-17(4)12-16(3)26-28/h9-10,12-13,19H,5-8,11,14-15H2,1-4H3,(H2,22,24,25). The van der Waals surface area contributed by atoms with Gasteiger partial charge in [0.05, 0.1) is 12.2 Å². The van der Waals surface area contributed by atoms with Gasteiger partial charge in [-0.15, -0.1) is 0 Å². The topological polar surface area (TPSA) is 70.4 Å². The second-order valence-electron chi connectivity index (χ2n) is 7.36. The van der Waals surface area contributed by atoms with E-state index in [1.165, 1.54) is 19.4 Å². The highest BCUT2D eigenvalue weighted by molar-refractivity contribution is 5.79. The summed E-state index contributed by atoms with van der Waals surface area (Å²) < 4.78 is 1.87. The maximum Gasteiger partial charge on any atom is 0.191 e. The maximum absolute atomic E-state index is 4.73. The van der Waals surface area contributed by atoms with Crippen LogP contribution in [0.5, 0.6) is 0 Å². The molecule has 1 aliphatic rings. The van der Waals surface area contributed by atoms with E-state index in [9.17, 15) is 0 Å². The highest BCUT2D eigenvalue weighted by Crippen LogP contribution is 2.15. The summed E-state index contributed by atoms with van der Waals surface area (Å²) in [5.74, 6) is 1.71. The Morgan fingerprint density at radius 2 is 2.11 bits per heavy atom. The largest absolute Gasteiger partial charge is 0.357 e. The number of pyridine rings is 1. The summed E-state index contributed by atoms with van der Waals surface area (Å²) in [6.45, 7) is 13.1. The van der Waals surface area contributed by atoms with Gasteiger partial charge < -0.3 is 10.6 Å². The first-order valence-corrected chi connectivity index (χ1v) is 10.4. The molecule has 2 aromatic rings. The van der Waals surface area contributed by atoms with Crippen LogP contribution in [0.2, 0.25) is 0 Å². The number of aromatic nitrogens is 3. The van der Waals surface area contributed by atoms with Crippen molar-refractivity contribution in [3.63, 3.8) is 0 Å². The molecule has 0 aromatic carbocycles. The van der Waals surface area contributed by atoms with Crippen molar-refractivity contribution in [1.82, 2.24) is 30.3 Å². The van der Waals surface area contributed by atoms with Gasteiger partial charge in [0.1, 0.15) is 0 Å². The number of guanidine groups is 1. The third kappa shape index (κ3) is 5.10. The van der Waals surface area contributed by atoms with E-state index >= 15 is 0 Å².